The van der Waals surface area contributed by atoms with Crippen molar-refractivity contribution in [3.8, 4) is 0 Å². The Balaban J connectivity index is 3.74. The summed E-state index contributed by atoms with van der Waals surface area (Å²) in [6.45, 7) is 12.6. The lowest BCUT2D eigenvalue weighted by atomic mass is 10.0. The van der Waals surface area contributed by atoms with E-state index in [0.717, 1.165) is 6.42 Å². The predicted octanol–water partition coefficient (Wildman–Crippen LogP) is 5.49. The molecule has 0 aromatic heterocycles. The maximum absolute atomic E-state index is 3.83. The third-order valence-corrected chi connectivity index (χ3v) is 2.59. The standard InChI is InChI=1S/C16H27/c1-6-9-15(4)12-8-13-16(5)11-7-10-14(2)3/h7,9-11,16H,1,6,8,12-13H2,2-5H3. The molecule has 0 aromatic carbocycles. The van der Waals surface area contributed by atoms with Gasteiger partial charge in [-0.15, -0.1) is 0 Å². The molecule has 0 heteroatoms. The smallest absolute Gasteiger partial charge is 0.0259 e. The maximum Gasteiger partial charge on any atom is -0.0259 e. The molecule has 0 heterocycles. The van der Waals surface area contributed by atoms with Gasteiger partial charge in [0.05, 0.1) is 0 Å². The highest BCUT2D eigenvalue weighted by atomic mass is 14.0. The Labute approximate surface area is 102 Å². The molecule has 91 valence electrons. The lowest BCUT2D eigenvalue weighted by molar-refractivity contribution is 0.604. The van der Waals surface area contributed by atoms with Gasteiger partial charge in [0, 0.05) is 0 Å². The molecule has 0 N–H and O–H groups in total. The van der Waals surface area contributed by atoms with Crippen molar-refractivity contribution in [2.75, 3.05) is 0 Å². The molecule has 1 unspecified atom stereocenters. The van der Waals surface area contributed by atoms with Crippen LogP contribution in [0.4, 0.5) is 0 Å². The van der Waals surface area contributed by atoms with Gasteiger partial charge in [-0.05, 0) is 59.3 Å². The molecular weight excluding hydrogens is 192 g/mol. The van der Waals surface area contributed by atoms with Crippen LogP contribution in [0.5, 0.6) is 0 Å². The molecule has 0 aliphatic rings. The molecule has 0 aromatic rings. The molecule has 1 radical (unpaired) electrons. The van der Waals surface area contributed by atoms with Crippen LogP contribution in [-0.2, 0) is 0 Å². The van der Waals surface area contributed by atoms with Gasteiger partial charge in [-0.1, -0.05) is 42.4 Å². The summed E-state index contributed by atoms with van der Waals surface area (Å²) >= 11 is 0. The summed E-state index contributed by atoms with van der Waals surface area (Å²) in [5.74, 6) is 0.683. The van der Waals surface area contributed by atoms with E-state index >= 15 is 0 Å². The number of hydrogen-bond donors (Lipinski definition) is 0. The predicted molar refractivity (Wildman–Crippen MR) is 75.3 cm³/mol. The molecular formula is C16H27. The second-order valence-electron chi connectivity index (χ2n) is 4.84. The molecule has 0 aliphatic carbocycles. The van der Waals surface area contributed by atoms with Crippen LogP contribution in [0, 0.1) is 12.8 Å². The Kier molecular flexibility index (Phi) is 8.99. The van der Waals surface area contributed by atoms with E-state index in [2.05, 4.69) is 58.9 Å². The Morgan fingerprint density at radius 1 is 1.25 bits per heavy atom. The second kappa shape index (κ2) is 9.45. The summed E-state index contributed by atoms with van der Waals surface area (Å²) in [4.78, 5) is 0. The maximum atomic E-state index is 3.83. The Hall–Kier alpha value is -0.780. The molecule has 1 atom stereocenters. The van der Waals surface area contributed by atoms with Crippen LogP contribution in [0.15, 0.2) is 35.5 Å². The Morgan fingerprint density at radius 3 is 2.50 bits per heavy atom. The molecule has 0 spiro atoms. The highest BCUT2D eigenvalue weighted by molar-refractivity contribution is 5.09. The van der Waals surface area contributed by atoms with Crippen molar-refractivity contribution in [2.24, 2.45) is 5.92 Å². The Bertz CT molecular complexity index is 249. The SMILES string of the molecule is [CH2]CC=C(C)CCCC(C)C=CC=C(C)C. The topological polar surface area (TPSA) is 0 Å². The van der Waals surface area contributed by atoms with E-state index in [9.17, 15) is 0 Å². The summed E-state index contributed by atoms with van der Waals surface area (Å²) in [7, 11) is 0. The molecule has 0 fully saturated rings. The highest BCUT2D eigenvalue weighted by Crippen LogP contribution is 2.13. The monoisotopic (exact) mass is 219 g/mol. The zero-order chi connectivity index (χ0) is 12.4. The van der Waals surface area contributed by atoms with Crippen LogP contribution < -0.4 is 0 Å². The van der Waals surface area contributed by atoms with E-state index in [4.69, 9.17) is 0 Å². The zero-order valence-corrected chi connectivity index (χ0v) is 11.4. The van der Waals surface area contributed by atoms with E-state index in [0.29, 0.717) is 5.92 Å². The number of allylic oxidation sites excluding steroid dienone is 6. The zero-order valence-electron chi connectivity index (χ0n) is 11.4. The fourth-order valence-corrected chi connectivity index (χ4v) is 1.59. The summed E-state index contributed by atoms with van der Waals surface area (Å²) < 4.78 is 0. The lowest BCUT2D eigenvalue weighted by Gasteiger charge is -2.05. The molecule has 0 bridgehead atoms. The largest absolute Gasteiger partial charge is 0.0856 e. The van der Waals surface area contributed by atoms with Crippen molar-refractivity contribution < 1.29 is 0 Å². The van der Waals surface area contributed by atoms with Gasteiger partial charge >= 0.3 is 0 Å². The van der Waals surface area contributed by atoms with Crippen LogP contribution in [0.1, 0.15) is 53.4 Å². The van der Waals surface area contributed by atoms with E-state index in [-0.39, 0.29) is 0 Å². The van der Waals surface area contributed by atoms with Gasteiger partial charge in [0.1, 0.15) is 0 Å². The van der Waals surface area contributed by atoms with Crippen LogP contribution in [0.25, 0.3) is 0 Å². The molecule has 0 nitrogen and oxygen atoms in total. The first kappa shape index (κ1) is 15.2. The minimum absolute atomic E-state index is 0.683. The van der Waals surface area contributed by atoms with E-state index in [1.807, 2.05) is 0 Å². The number of rotatable bonds is 7. The fourth-order valence-electron chi connectivity index (χ4n) is 1.59. The van der Waals surface area contributed by atoms with Crippen molar-refractivity contribution in [1.82, 2.24) is 0 Å². The second-order valence-corrected chi connectivity index (χ2v) is 4.84. The third kappa shape index (κ3) is 9.76. The summed E-state index contributed by atoms with van der Waals surface area (Å²) in [5, 5.41) is 0. The van der Waals surface area contributed by atoms with Gasteiger partial charge in [0.15, 0.2) is 0 Å². The van der Waals surface area contributed by atoms with Gasteiger partial charge in [-0.3, -0.25) is 0 Å². The molecule has 0 rings (SSSR count). The van der Waals surface area contributed by atoms with Crippen molar-refractivity contribution >= 4 is 0 Å². The first-order valence-corrected chi connectivity index (χ1v) is 6.32. The summed E-state index contributed by atoms with van der Waals surface area (Å²) in [6.07, 6.45) is 13.6. The number of hydrogen-bond acceptors (Lipinski definition) is 0. The fraction of sp³-hybridized carbons (Fsp3) is 0.562. The van der Waals surface area contributed by atoms with Crippen LogP contribution in [0.2, 0.25) is 0 Å². The third-order valence-electron chi connectivity index (χ3n) is 2.59. The van der Waals surface area contributed by atoms with Crippen LogP contribution >= 0.6 is 0 Å². The van der Waals surface area contributed by atoms with Gasteiger partial charge in [0.25, 0.3) is 0 Å². The van der Waals surface area contributed by atoms with Crippen molar-refractivity contribution in [3.05, 3.63) is 42.4 Å². The van der Waals surface area contributed by atoms with Crippen molar-refractivity contribution in [2.45, 2.75) is 53.4 Å². The average molecular weight is 219 g/mol. The first-order valence-electron chi connectivity index (χ1n) is 6.32. The lowest BCUT2D eigenvalue weighted by Crippen LogP contribution is -1.90. The molecule has 16 heavy (non-hydrogen) atoms. The molecule has 0 aliphatic heterocycles. The van der Waals surface area contributed by atoms with E-state index in [1.165, 1.54) is 30.4 Å². The normalized spacial score (nSPS) is 14.2. The van der Waals surface area contributed by atoms with Gasteiger partial charge in [-0.25, -0.2) is 0 Å². The highest BCUT2D eigenvalue weighted by Gasteiger charge is 1.97. The molecule has 0 saturated heterocycles. The molecule has 0 saturated carbocycles. The minimum atomic E-state index is 0.683. The minimum Gasteiger partial charge on any atom is -0.0856 e. The van der Waals surface area contributed by atoms with E-state index < -0.39 is 0 Å². The van der Waals surface area contributed by atoms with Gasteiger partial charge < -0.3 is 0 Å². The average Bonchev–Trinajstić information content (AvgIpc) is 2.17. The van der Waals surface area contributed by atoms with Crippen LogP contribution in [0.3, 0.4) is 0 Å². The Morgan fingerprint density at radius 2 is 1.94 bits per heavy atom. The quantitative estimate of drug-likeness (QED) is 0.392. The summed E-state index contributed by atoms with van der Waals surface area (Å²) in [6, 6.07) is 0. The van der Waals surface area contributed by atoms with Gasteiger partial charge in [0.2, 0.25) is 0 Å². The molecule has 0 amide bonds. The van der Waals surface area contributed by atoms with Crippen LogP contribution in [-0.4, -0.2) is 0 Å². The summed E-state index contributed by atoms with van der Waals surface area (Å²) in [5.41, 5.74) is 2.84. The van der Waals surface area contributed by atoms with Crippen molar-refractivity contribution in [1.29, 1.82) is 0 Å². The first-order chi connectivity index (χ1) is 7.56. The van der Waals surface area contributed by atoms with E-state index in [1.54, 1.807) is 0 Å². The van der Waals surface area contributed by atoms with Gasteiger partial charge in [-0.2, -0.15) is 0 Å². The van der Waals surface area contributed by atoms with Crippen molar-refractivity contribution in [3.63, 3.8) is 0 Å².